The van der Waals surface area contributed by atoms with E-state index in [2.05, 4.69) is 75.5 Å². The standard InChI is InChI=1S/C17H33IO3Si/c1-7-8-11-19-16(13-18)20-14-9-10-15(12-14)21-22(5,6)17(2,3)4/h9-10,14-16H,7-8,11-13H2,1-6H3/t14-,15+,16?/m1/s1. The van der Waals surface area contributed by atoms with Gasteiger partial charge in [0.1, 0.15) is 0 Å². The Balaban J connectivity index is 2.41. The van der Waals surface area contributed by atoms with Crippen molar-refractivity contribution in [1.82, 2.24) is 0 Å². The van der Waals surface area contributed by atoms with Gasteiger partial charge in [-0.15, -0.1) is 0 Å². The van der Waals surface area contributed by atoms with E-state index in [4.69, 9.17) is 13.9 Å². The number of rotatable bonds is 9. The average Bonchev–Trinajstić information content (AvgIpc) is 2.83. The van der Waals surface area contributed by atoms with E-state index in [9.17, 15) is 0 Å². The summed E-state index contributed by atoms with van der Waals surface area (Å²) in [5.41, 5.74) is 0. The van der Waals surface area contributed by atoms with E-state index in [0.29, 0.717) is 0 Å². The second kappa shape index (κ2) is 9.16. The Morgan fingerprint density at radius 3 is 2.41 bits per heavy atom. The van der Waals surface area contributed by atoms with E-state index >= 15 is 0 Å². The van der Waals surface area contributed by atoms with Crippen molar-refractivity contribution < 1.29 is 13.9 Å². The maximum Gasteiger partial charge on any atom is 0.192 e. The third-order valence-corrected chi connectivity index (χ3v) is 9.73. The van der Waals surface area contributed by atoms with Crippen molar-refractivity contribution >= 4 is 30.9 Å². The SMILES string of the molecule is CCCCOC(CI)O[C@@H]1C=C[C@H](O[Si](C)(C)C(C)(C)C)C1. The highest BCUT2D eigenvalue weighted by molar-refractivity contribution is 14.1. The summed E-state index contributed by atoms with van der Waals surface area (Å²) in [6.45, 7) is 14.4. The molecule has 0 aromatic carbocycles. The van der Waals surface area contributed by atoms with Crippen molar-refractivity contribution in [1.29, 1.82) is 0 Å². The fourth-order valence-electron chi connectivity index (χ4n) is 2.05. The van der Waals surface area contributed by atoms with Crippen molar-refractivity contribution in [3.63, 3.8) is 0 Å². The Labute approximate surface area is 151 Å². The zero-order valence-electron chi connectivity index (χ0n) is 15.0. The summed E-state index contributed by atoms with van der Waals surface area (Å²) >= 11 is 2.33. The first kappa shape index (κ1) is 20.6. The third-order valence-electron chi connectivity index (χ3n) is 4.51. The molecule has 5 heteroatoms. The third kappa shape index (κ3) is 6.59. The molecule has 0 radical (unpaired) electrons. The second-order valence-electron chi connectivity index (χ2n) is 7.52. The summed E-state index contributed by atoms with van der Waals surface area (Å²) < 4.78 is 19.1. The van der Waals surface area contributed by atoms with Gasteiger partial charge in [-0.2, -0.15) is 0 Å². The number of hydrogen-bond acceptors (Lipinski definition) is 3. The van der Waals surface area contributed by atoms with Crippen LogP contribution in [0.25, 0.3) is 0 Å². The minimum atomic E-state index is -1.71. The van der Waals surface area contributed by atoms with Gasteiger partial charge in [0.05, 0.1) is 16.6 Å². The summed E-state index contributed by atoms with van der Waals surface area (Å²) in [6.07, 6.45) is 7.67. The number of ether oxygens (including phenoxy) is 2. The smallest absolute Gasteiger partial charge is 0.192 e. The van der Waals surface area contributed by atoms with Gasteiger partial charge in [0.15, 0.2) is 14.6 Å². The molecule has 1 unspecified atom stereocenters. The van der Waals surface area contributed by atoms with Gasteiger partial charge in [-0.25, -0.2) is 0 Å². The van der Waals surface area contributed by atoms with E-state index in [1.54, 1.807) is 0 Å². The molecule has 0 heterocycles. The van der Waals surface area contributed by atoms with Crippen molar-refractivity contribution in [2.24, 2.45) is 0 Å². The van der Waals surface area contributed by atoms with Crippen molar-refractivity contribution in [3.8, 4) is 0 Å². The van der Waals surface area contributed by atoms with Crippen molar-refractivity contribution in [2.75, 3.05) is 11.0 Å². The molecule has 0 spiro atoms. The number of unbranched alkanes of at least 4 members (excludes halogenated alkanes) is 1. The molecule has 130 valence electrons. The summed E-state index contributed by atoms with van der Waals surface area (Å²) in [7, 11) is -1.71. The lowest BCUT2D eigenvalue weighted by atomic mass is 10.2. The fourth-order valence-corrected chi connectivity index (χ4v) is 3.80. The predicted molar refractivity (Wildman–Crippen MR) is 104 cm³/mol. The molecule has 3 nitrogen and oxygen atoms in total. The van der Waals surface area contributed by atoms with Crippen molar-refractivity contribution in [2.45, 2.75) is 83.6 Å². The van der Waals surface area contributed by atoms with Gasteiger partial charge in [0.25, 0.3) is 0 Å². The maximum absolute atomic E-state index is 6.44. The van der Waals surface area contributed by atoms with Gasteiger partial charge in [-0.1, -0.05) is 68.9 Å². The molecule has 1 aliphatic rings. The topological polar surface area (TPSA) is 27.7 Å². The molecule has 22 heavy (non-hydrogen) atoms. The second-order valence-corrected chi connectivity index (χ2v) is 13.2. The van der Waals surface area contributed by atoms with Crippen LogP contribution in [0.5, 0.6) is 0 Å². The molecule has 0 bridgehead atoms. The Hall–Kier alpha value is 0.567. The molecule has 3 atom stereocenters. The van der Waals surface area contributed by atoms with Gasteiger partial charge >= 0.3 is 0 Å². The minimum absolute atomic E-state index is 0.103. The van der Waals surface area contributed by atoms with Crippen LogP contribution in [0.4, 0.5) is 0 Å². The Bertz CT molecular complexity index is 352. The summed E-state index contributed by atoms with van der Waals surface area (Å²) in [5.74, 6) is 0. The zero-order chi connectivity index (χ0) is 16.8. The molecule has 0 fully saturated rings. The Morgan fingerprint density at radius 1 is 1.23 bits per heavy atom. The van der Waals surface area contributed by atoms with Crippen LogP contribution in [0, 0.1) is 0 Å². The quantitative estimate of drug-likeness (QED) is 0.122. The first-order chi connectivity index (χ1) is 10.2. The lowest BCUT2D eigenvalue weighted by Crippen LogP contribution is -2.43. The molecule has 0 N–H and O–H groups in total. The lowest BCUT2D eigenvalue weighted by molar-refractivity contribution is -0.146. The molecule has 1 aliphatic carbocycles. The van der Waals surface area contributed by atoms with Crippen molar-refractivity contribution in [3.05, 3.63) is 12.2 Å². The predicted octanol–water partition coefficient (Wildman–Crippen LogP) is 5.30. The normalized spacial score (nSPS) is 24.0. The van der Waals surface area contributed by atoms with Crippen LogP contribution in [0.3, 0.4) is 0 Å². The molecule has 0 aromatic heterocycles. The van der Waals surface area contributed by atoms with E-state index in [-0.39, 0.29) is 23.5 Å². The summed E-state index contributed by atoms with van der Waals surface area (Å²) in [4.78, 5) is 0. The van der Waals surface area contributed by atoms with Crippen LogP contribution in [0.2, 0.25) is 18.1 Å². The molecular formula is C17H33IO3Si. The van der Waals surface area contributed by atoms with E-state index in [0.717, 1.165) is 30.3 Å². The molecule has 0 aromatic rings. The molecule has 0 aliphatic heterocycles. The van der Waals surface area contributed by atoms with Crippen LogP contribution >= 0.6 is 22.6 Å². The highest BCUT2D eigenvalue weighted by atomic mass is 127. The number of alkyl halides is 1. The highest BCUT2D eigenvalue weighted by Gasteiger charge is 2.40. The van der Waals surface area contributed by atoms with Gasteiger partial charge in [-0.05, 0) is 24.6 Å². The van der Waals surface area contributed by atoms with E-state index in [1.807, 2.05) is 0 Å². The van der Waals surface area contributed by atoms with Gasteiger partial charge in [0.2, 0.25) is 0 Å². The Morgan fingerprint density at radius 2 is 1.86 bits per heavy atom. The van der Waals surface area contributed by atoms with Gasteiger partial charge < -0.3 is 13.9 Å². The van der Waals surface area contributed by atoms with Crippen LogP contribution in [0.1, 0.15) is 47.0 Å². The zero-order valence-corrected chi connectivity index (χ0v) is 18.2. The molecular weight excluding hydrogens is 407 g/mol. The monoisotopic (exact) mass is 440 g/mol. The largest absolute Gasteiger partial charge is 0.410 e. The van der Waals surface area contributed by atoms with Crippen LogP contribution in [0.15, 0.2) is 12.2 Å². The molecule has 0 amide bonds. The van der Waals surface area contributed by atoms with E-state index in [1.165, 1.54) is 0 Å². The maximum atomic E-state index is 6.44. The van der Waals surface area contributed by atoms with Crippen LogP contribution < -0.4 is 0 Å². The fraction of sp³-hybridized carbons (Fsp3) is 0.882. The van der Waals surface area contributed by atoms with Crippen LogP contribution in [-0.2, 0) is 13.9 Å². The summed E-state index contributed by atoms with van der Waals surface area (Å²) in [5, 5.41) is 0.244. The number of hydrogen-bond donors (Lipinski definition) is 0. The lowest BCUT2D eigenvalue weighted by Gasteiger charge is -2.38. The van der Waals surface area contributed by atoms with E-state index < -0.39 is 8.32 Å². The van der Waals surface area contributed by atoms with Crippen LogP contribution in [-0.4, -0.2) is 37.8 Å². The Kier molecular flexibility index (Phi) is 8.58. The number of halogens is 1. The first-order valence-electron chi connectivity index (χ1n) is 8.38. The van der Waals surface area contributed by atoms with Gasteiger partial charge in [0, 0.05) is 13.0 Å². The summed E-state index contributed by atoms with van der Waals surface area (Å²) in [6, 6.07) is 0. The molecule has 0 saturated carbocycles. The minimum Gasteiger partial charge on any atom is -0.410 e. The molecule has 1 rings (SSSR count). The van der Waals surface area contributed by atoms with Gasteiger partial charge in [-0.3, -0.25) is 0 Å². The first-order valence-corrected chi connectivity index (χ1v) is 12.8. The average molecular weight is 440 g/mol. The highest BCUT2D eigenvalue weighted by Crippen LogP contribution is 2.38. The molecule has 0 saturated heterocycles.